The molecule has 0 fully saturated rings. The van der Waals surface area contributed by atoms with E-state index in [0.29, 0.717) is 0 Å². The van der Waals surface area contributed by atoms with Crippen LogP contribution < -0.4 is 22.9 Å². The van der Waals surface area contributed by atoms with Crippen molar-refractivity contribution >= 4 is 38.1 Å². The third kappa shape index (κ3) is 2.41. The van der Waals surface area contributed by atoms with E-state index in [-0.39, 0.29) is 15.2 Å². The molecule has 14 heavy (non-hydrogen) atoms. The first-order valence-corrected chi connectivity index (χ1v) is 8.56. The maximum absolute atomic E-state index is 10.4. The van der Waals surface area contributed by atoms with E-state index in [0.717, 1.165) is 8.92 Å². The molecular weight excluding hydrogens is 343 g/mol. The Labute approximate surface area is 92.8 Å². The molecule has 0 N–H and O–H groups in total. The molecule has 0 bridgehead atoms. The summed E-state index contributed by atoms with van der Waals surface area (Å²) in [6.45, 7) is 0. The van der Waals surface area contributed by atoms with Crippen LogP contribution in [-0.4, -0.2) is 29.2 Å². The molecule has 0 radical (unpaired) electrons. The number of hydrogen-bond acceptors (Lipinski definition) is 5. The van der Waals surface area contributed by atoms with Crippen molar-refractivity contribution in [1.82, 2.24) is 0 Å². The van der Waals surface area contributed by atoms with Crippen molar-refractivity contribution in [2.75, 3.05) is 0 Å². The van der Waals surface area contributed by atoms with E-state index in [1.165, 1.54) is 0 Å². The topological polar surface area (TPSA) is 90.8 Å². The van der Waals surface area contributed by atoms with E-state index < -0.39 is 24.3 Å². The summed E-state index contributed by atoms with van der Waals surface area (Å²) in [5, 5.41) is 0. The number of fused-ring (bicyclic) bond motifs is 1. The van der Waals surface area contributed by atoms with E-state index in [1.54, 1.807) is 12.1 Å². The van der Waals surface area contributed by atoms with Crippen LogP contribution in [0.1, 0.15) is 0 Å². The zero-order chi connectivity index (χ0) is 10.2. The van der Waals surface area contributed by atoms with Crippen LogP contribution in [0.25, 0.3) is 0 Å². The van der Waals surface area contributed by atoms with Crippen LogP contribution in [0.4, 0.5) is 0 Å². The zero-order valence-corrected chi connectivity index (χ0v) is 10.8. The first-order valence-electron chi connectivity index (χ1n) is 3.38. The summed E-state index contributed by atoms with van der Waals surface area (Å²) in [6.07, 6.45) is 0. The average molecular weight is 347 g/mol. The Kier molecular flexibility index (Phi) is 3.04. The van der Waals surface area contributed by atoms with Crippen molar-refractivity contribution in [3.05, 3.63) is 24.3 Å². The zero-order valence-electron chi connectivity index (χ0n) is 6.58. The van der Waals surface area contributed by atoms with Crippen LogP contribution >= 0.6 is 0 Å². The molecule has 1 heterocycles. The number of benzene rings is 1. The molecule has 0 amide bonds. The Bertz CT molecular complexity index is 392. The molecule has 1 aromatic carbocycles. The van der Waals surface area contributed by atoms with Gasteiger partial charge in [-0.15, -0.1) is 0 Å². The number of hydrogen-bond donors (Lipinski definition) is 0. The van der Waals surface area contributed by atoms with Gasteiger partial charge in [-0.25, -0.2) is 0 Å². The van der Waals surface area contributed by atoms with E-state index in [9.17, 15) is 14.0 Å². The molecular formula is C6H4ClNO4Se2. The summed E-state index contributed by atoms with van der Waals surface area (Å²) in [4.78, 5) is 0. The van der Waals surface area contributed by atoms with Crippen molar-refractivity contribution in [1.29, 1.82) is 0 Å². The molecule has 0 saturated carbocycles. The maximum atomic E-state index is 10.4. The number of nitrogens with zero attached hydrogens (tertiary/aromatic N) is 1. The molecule has 8 heteroatoms. The predicted octanol–water partition coefficient (Wildman–Crippen LogP) is -4.18. The van der Waals surface area contributed by atoms with Crippen molar-refractivity contribution in [2.45, 2.75) is 0 Å². The fraction of sp³-hybridized carbons (Fsp3) is 0. The van der Waals surface area contributed by atoms with Gasteiger partial charge in [0.05, 0.1) is 0 Å². The molecule has 0 aliphatic carbocycles. The number of halogens is 1. The van der Waals surface area contributed by atoms with Crippen molar-refractivity contribution < 1.29 is 27.6 Å². The third-order valence-corrected chi connectivity index (χ3v) is 9.45. The third-order valence-electron chi connectivity index (χ3n) is 1.38. The van der Waals surface area contributed by atoms with Gasteiger partial charge in [0.2, 0.25) is 0 Å². The summed E-state index contributed by atoms with van der Waals surface area (Å²) in [7, 11) is -4.36. The second-order valence-electron chi connectivity index (χ2n) is 2.30. The summed E-state index contributed by atoms with van der Waals surface area (Å²) < 4.78 is 41.4. The second-order valence-corrected chi connectivity index (χ2v) is 9.19. The Morgan fingerprint density at radius 2 is 2.00 bits per heavy atom. The molecule has 1 aliphatic heterocycles. The standard InChI is InChI=1S/C6H4ClNO4Se2/c9-7(10,11)12-14-6-4-2-1-3-5(6)13-8-14/h1-4H. The van der Waals surface area contributed by atoms with Crippen LogP contribution in [0.3, 0.4) is 0 Å². The summed E-state index contributed by atoms with van der Waals surface area (Å²) in [5.74, 6) is 0. The quantitative estimate of drug-likeness (QED) is 0.508. The summed E-state index contributed by atoms with van der Waals surface area (Å²) in [5.41, 5.74) is 0. The Morgan fingerprint density at radius 1 is 1.29 bits per heavy atom. The minimum absolute atomic E-state index is 0.110. The van der Waals surface area contributed by atoms with Crippen LogP contribution in [0.15, 0.2) is 27.2 Å². The van der Waals surface area contributed by atoms with Crippen LogP contribution in [0, 0.1) is 10.2 Å². The van der Waals surface area contributed by atoms with Crippen molar-refractivity contribution in [3.63, 3.8) is 0 Å². The monoisotopic (exact) mass is 349 g/mol. The van der Waals surface area contributed by atoms with E-state index in [1.807, 2.05) is 12.1 Å². The molecule has 76 valence electrons. The second kappa shape index (κ2) is 3.98. The molecule has 2 rings (SSSR count). The van der Waals surface area contributed by atoms with Gasteiger partial charge in [-0.05, 0) is 0 Å². The van der Waals surface area contributed by atoms with Crippen molar-refractivity contribution in [2.24, 2.45) is 2.98 Å². The van der Waals surface area contributed by atoms with Gasteiger partial charge in [-0.2, -0.15) is 0 Å². The summed E-state index contributed by atoms with van der Waals surface area (Å²) in [6, 6.07) is 7.27. The molecule has 1 unspecified atom stereocenters. The molecule has 1 aromatic rings. The van der Waals surface area contributed by atoms with Gasteiger partial charge in [-0.3, -0.25) is 0 Å². The average Bonchev–Trinajstić information content (AvgIpc) is 2.47. The Balaban J connectivity index is 2.25. The van der Waals surface area contributed by atoms with E-state index in [2.05, 4.69) is 6.35 Å². The molecule has 0 saturated heterocycles. The van der Waals surface area contributed by atoms with Crippen LogP contribution in [0.5, 0.6) is 0 Å². The van der Waals surface area contributed by atoms with Gasteiger partial charge in [-0.1, -0.05) is 0 Å². The van der Waals surface area contributed by atoms with Gasteiger partial charge < -0.3 is 0 Å². The first-order chi connectivity index (χ1) is 6.56. The van der Waals surface area contributed by atoms with Gasteiger partial charge in [0, 0.05) is 0 Å². The van der Waals surface area contributed by atoms with Gasteiger partial charge >= 0.3 is 93.0 Å². The SMILES string of the molecule is [O-][Cl+3]([O-])([O-])O[Se]1=N[Se]c2ccccc21. The first kappa shape index (κ1) is 10.7. The van der Waals surface area contributed by atoms with Gasteiger partial charge in [0.25, 0.3) is 0 Å². The normalized spacial score (nSPS) is 20.4. The van der Waals surface area contributed by atoms with E-state index >= 15 is 0 Å². The summed E-state index contributed by atoms with van der Waals surface area (Å²) >= 11 is -2.33. The minimum atomic E-state index is -4.36. The number of rotatable bonds is 2. The van der Waals surface area contributed by atoms with Gasteiger partial charge in [0.1, 0.15) is 0 Å². The molecule has 1 aliphatic rings. The van der Waals surface area contributed by atoms with E-state index in [4.69, 9.17) is 0 Å². The van der Waals surface area contributed by atoms with Gasteiger partial charge in [0.15, 0.2) is 0 Å². The van der Waals surface area contributed by atoms with Crippen molar-refractivity contribution in [3.8, 4) is 0 Å². The van der Waals surface area contributed by atoms with Crippen LogP contribution in [0.2, 0.25) is 0 Å². The molecule has 5 nitrogen and oxygen atoms in total. The fourth-order valence-electron chi connectivity index (χ4n) is 0.903. The van der Waals surface area contributed by atoms with Crippen LogP contribution in [-0.2, 0) is 3.37 Å². The molecule has 0 aromatic heterocycles. The Hall–Kier alpha value is 0.189. The Morgan fingerprint density at radius 3 is 2.71 bits per heavy atom. The fourth-order valence-corrected chi connectivity index (χ4v) is 9.07. The predicted molar refractivity (Wildman–Crippen MR) is 40.7 cm³/mol. The molecule has 1 atom stereocenters. The molecule has 0 spiro atoms.